The molecule has 4 amide bonds. The first-order valence-corrected chi connectivity index (χ1v) is 23.0. The van der Waals surface area contributed by atoms with E-state index in [0.717, 1.165) is 57.6 Å². The molecule has 4 aliphatic rings. The van der Waals surface area contributed by atoms with E-state index in [1.165, 1.54) is 51.6 Å². The van der Waals surface area contributed by atoms with Crippen LogP contribution in [0.4, 0.5) is 9.18 Å². The molecule has 0 bridgehead atoms. The number of likely N-dealkylation sites (tertiary alicyclic amines) is 2. The third kappa shape index (κ3) is 14.8. The van der Waals surface area contributed by atoms with E-state index in [2.05, 4.69) is 34.3 Å². The molecule has 346 valence electrons. The molecular formula is C48H70FN7O7. The highest BCUT2D eigenvalue weighted by Crippen LogP contribution is 2.26. The largest absolute Gasteiger partial charge is 0.444 e. The van der Waals surface area contributed by atoms with Crippen LogP contribution in [0.3, 0.4) is 0 Å². The molecule has 1 aromatic heterocycles. The second-order valence-corrected chi connectivity index (χ2v) is 18.3. The Morgan fingerprint density at radius 3 is 2.13 bits per heavy atom. The van der Waals surface area contributed by atoms with Gasteiger partial charge in [0.2, 0.25) is 12.3 Å². The monoisotopic (exact) mass is 876 g/mol. The van der Waals surface area contributed by atoms with E-state index in [1.54, 1.807) is 34.1 Å². The van der Waals surface area contributed by atoms with Crippen LogP contribution in [-0.4, -0.2) is 137 Å². The molecule has 3 saturated heterocycles. The van der Waals surface area contributed by atoms with Crippen molar-refractivity contribution in [2.45, 2.75) is 129 Å². The van der Waals surface area contributed by atoms with Gasteiger partial charge in [0.05, 0.1) is 35.4 Å². The summed E-state index contributed by atoms with van der Waals surface area (Å²) in [6.07, 6.45) is 13.6. The van der Waals surface area contributed by atoms with Gasteiger partial charge in [-0.05, 0) is 83.1 Å². The molecule has 7 rings (SSSR count). The summed E-state index contributed by atoms with van der Waals surface area (Å²) in [4.78, 5) is 67.7. The average molecular weight is 876 g/mol. The molecule has 2 atom stereocenters. The molecule has 2 N–H and O–H groups in total. The zero-order chi connectivity index (χ0) is 45.5. The van der Waals surface area contributed by atoms with Gasteiger partial charge in [0.15, 0.2) is 0 Å². The fraction of sp³-hybridized carbons (Fsp3) is 0.625. The van der Waals surface area contributed by atoms with Crippen molar-refractivity contribution in [2.24, 2.45) is 5.92 Å². The van der Waals surface area contributed by atoms with Crippen molar-refractivity contribution in [3.63, 3.8) is 0 Å². The number of hydrogen-bond donors (Lipinski definition) is 2. The summed E-state index contributed by atoms with van der Waals surface area (Å²) >= 11 is 0. The molecule has 2 aromatic carbocycles. The number of alkyl carbamates (subject to hydrolysis) is 1. The van der Waals surface area contributed by atoms with Gasteiger partial charge in [-0.15, -0.1) is 0 Å². The topological polar surface area (TPSA) is 157 Å². The molecule has 4 heterocycles. The number of nitrogens with zero attached hydrogens (tertiary/aromatic N) is 5. The smallest absolute Gasteiger partial charge is 0.407 e. The summed E-state index contributed by atoms with van der Waals surface area (Å²) in [5, 5.41) is 10.3. The Morgan fingerprint density at radius 2 is 1.54 bits per heavy atom. The maximum atomic E-state index is 14.9. The van der Waals surface area contributed by atoms with E-state index >= 15 is 0 Å². The minimum absolute atomic E-state index is 0.0140. The number of piperidine rings is 2. The van der Waals surface area contributed by atoms with Crippen LogP contribution in [0.2, 0.25) is 0 Å². The normalized spacial score (nSPS) is 20.2. The molecule has 4 fully saturated rings. The van der Waals surface area contributed by atoms with E-state index in [-0.39, 0.29) is 47.0 Å². The number of benzene rings is 2. The number of H-pyrrole nitrogens is 1. The molecular weight excluding hydrogens is 806 g/mol. The van der Waals surface area contributed by atoms with E-state index in [9.17, 15) is 28.4 Å². The molecule has 1 aliphatic carbocycles. The molecule has 3 aromatic rings. The maximum Gasteiger partial charge on any atom is 0.407 e. The van der Waals surface area contributed by atoms with Gasteiger partial charge >= 0.3 is 6.09 Å². The van der Waals surface area contributed by atoms with Crippen LogP contribution in [-0.2, 0) is 25.5 Å². The van der Waals surface area contributed by atoms with Gasteiger partial charge in [-0.1, -0.05) is 69.7 Å². The molecule has 14 nitrogen and oxygen atoms in total. The lowest BCUT2D eigenvalue weighted by atomic mass is 9.88. The van der Waals surface area contributed by atoms with Crippen molar-refractivity contribution in [2.75, 3.05) is 59.4 Å². The highest BCUT2D eigenvalue weighted by molar-refractivity contribution is 5.95. The number of halogens is 1. The number of carbonyl (C=O) groups is 4. The number of piperazine rings is 1. The third-order valence-electron chi connectivity index (χ3n) is 12.5. The minimum Gasteiger partial charge on any atom is -0.444 e. The minimum atomic E-state index is -0.597. The molecule has 2 unspecified atom stereocenters. The van der Waals surface area contributed by atoms with Crippen LogP contribution in [0.1, 0.15) is 120 Å². The van der Waals surface area contributed by atoms with Crippen molar-refractivity contribution < 1.29 is 33.0 Å². The molecule has 0 radical (unpaired) electrons. The number of aromatic amines is 1. The number of hydrogen-bond acceptors (Lipinski definition) is 9. The van der Waals surface area contributed by atoms with Crippen molar-refractivity contribution in [1.29, 1.82) is 0 Å². The quantitative estimate of drug-likeness (QED) is 0.228. The number of fused-ring (bicyclic) bond motifs is 1. The van der Waals surface area contributed by atoms with Gasteiger partial charge in [-0.25, -0.2) is 14.3 Å². The molecule has 63 heavy (non-hydrogen) atoms. The van der Waals surface area contributed by atoms with Crippen LogP contribution < -0.4 is 10.9 Å². The molecule has 0 spiro atoms. The Kier molecular flexibility index (Phi) is 18.5. The number of aromatic nitrogens is 2. The van der Waals surface area contributed by atoms with Gasteiger partial charge in [0.25, 0.3) is 11.5 Å². The highest BCUT2D eigenvalue weighted by atomic mass is 19.1. The maximum absolute atomic E-state index is 14.9. The van der Waals surface area contributed by atoms with Gasteiger partial charge in [0.1, 0.15) is 11.4 Å². The van der Waals surface area contributed by atoms with Gasteiger partial charge in [-0.2, -0.15) is 5.10 Å². The zero-order valence-corrected chi connectivity index (χ0v) is 38.3. The van der Waals surface area contributed by atoms with Crippen molar-refractivity contribution in [1.82, 2.24) is 35.1 Å². The highest BCUT2D eigenvalue weighted by Gasteiger charge is 2.31. The number of rotatable bonds is 9. The average Bonchev–Trinajstić information content (AvgIpc) is 3.28. The second kappa shape index (κ2) is 23.7. The van der Waals surface area contributed by atoms with Crippen LogP contribution in [0.15, 0.2) is 47.3 Å². The number of ether oxygens (including phenoxy) is 2. The van der Waals surface area contributed by atoms with Crippen molar-refractivity contribution in [3.05, 3.63) is 75.5 Å². The third-order valence-corrected chi connectivity index (χ3v) is 12.5. The first kappa shape index (κ1) is 49.1. The fourth-order valence-electron chi connectivity index (χ4n) is 8.79. The van der Waals surface area contributed by atoms with E-state index < -0.39 is 11.7 Å². The Balaban J connectivity index is 0.000000368. The molecule has 3 aliphatic heterocycles. The van der Waals surface area contributed by atoms with Gasteiger partial charge in [-0.3, -0.25) is 24.1 Å². The predicted octanol–water partition coefficient (Wildman–Crippen LogP) is 6.55. The van der Waals surface area contributed by atoms with E-state index in [4.69, 9.17) is 9.47 Å². The Hall–Kier alpha value is -4.89. The number of carbonyl (C=O) groups excluding carboxylic acids is 4. The summed E-state index contributed by atoms with van der Waals surface area (Å²) < 4.78 is 26.1. The zero-order valence-electron chi connectivity index (χ0n) is 38.3. The van der Waals surface area contributed by atoms with Crippen LogP contribution in [0.25, 0.3) is 10.8 Å². The van der Waals surface area contributed by atoms with Crippen LogP contribution >= 0.6 is 0 Å². The summed E-state index contributed by atoms with van der Waals surface area (Å²) in [5.74, 6) is 0.123. The number of amides is 4. The van der Waals surface area contributed by atoms with Crippen molar-refractivity contribution >= 4 is 35.1 Å². The SMILES string of the molecule is CC1CC(OC2CCN(CC(=O)N3CCN(C(=O)c4cc(Cc5n[nH]c(=O)c6ccccc56)ccc4F)CC3)CC2)CCN1C=O.CCC1CCCCC1.CNC(=O)OC(C)(C)C. The first-order chi connectivity index (χ1) is 30.2. The fourth-order valence-corrected chi connectivity index (χ4v) is 8.79. The van der Waals surface area contributed by atoms with Crippen LogP contribution in [0, 0.1) is 11.7 Å². The molecule has 1 saturated carbocycles. The summed E-state index contributed by atoms with van der Waals surface area (Å²) in [6.45, 7) is 13.9. The van der Waals surface area contributed by atoms with E-state index in [0.29, 0.717) is 61.2 Å². The lowest BCUT2D eigenvalue weighted by molar-refractivity contribution is -0.135. The van der Waals surface area contributed by atoms with Crippen LogP contribution in [0.5, 0.6) is 0 Å². The van der Waals surface area contributed by atoms with Gasteiger partial charge in [0, 0.05) is 70.7 Å². The standard InChI is InChI=1S/C34H41FN6O5.C8H16.C6H13NO2/c1-23-18-26(10-13-41(23)22-42)46-25-8-11-38(12-9-25)21-32(43)39-14-16-40(17-15-39)34(45)29-19-24(6-7-30(29)35)20-31-27-4-2-3-5-28(27)33(44)37-36-31;1-2-8-6-4-3-5-7-8;1-6(2,3)9-5(8)7-4/h2-7,19,22-23,25-26H,8-18,20-21H2,1H3,(H,37,44);8H,2-7H2,1H3;1-4H3,(H,7,8). The number of nitrogens with one attached hydrogen (secondary N) is 2. The lowest BCUT2D eigenvalue weighted by Crippen LogP contribution is -2.53. The summed E-state index contributed by atoms with van der Waals surface area (Å²) in [5.41, 5.74) is 0.658. The second-order valence-electron chi connectivity index (χ2n) is 18.3. The van der Waals surface area contributed by atoms with Crippen molar-refractivity contribution in [3.8, 4) is 0 Å². The summed E-state index contributed by atoms with van der Waals surface area (Å²) in [6, 6.07) is 11.8. The first-order valence-electron chi connectivity index (χ1n) is 23.0. The van der Waals surface area contributed by atoms with E-state index in [1.807, 2.05) is 37.8 Å². The Labute approximate surface area is 372 Å². The Bertz CT molecular complexity index is 2020. The van der Waals surface area contributed by atoms with Gasteiger partial charge < -0.3 is 29.5 Å². The molecule has 15 heteroatoms. The Morgan fingerprint density at radius 1 is 0.889 bits per heavy atom. The predicted molar refractivity (Wildman–Crippen MR) is 242 cm³/mol. The lowest BCUT2D eigenvalue weighted by Gasteiger charge is -2.39. The summed E-state index contributed by atoms with van der Waals surface area (Å²) in [7, 11) is 1.54.